The summed E-state index contributed by atoms with van der Waals surface area (Å²) < 4.78 is 0. The van der Waals surface area contributed by atoms with E-state index in [9.17, 15) is 10.2 Å². The highest BCUT2D eigenvalue weighted by atomic mass is 17.2. The molecule has 0 radical (unpaired) electrons. The van der Waals surface area contributed by atoms with E-state index < -0.39 is 12.2 Å². The molecule has 0 saturated heterocycles. The van der Waals surface area contributed by atoms with Crippen molar-refractivity contribution in [1.29, 1.82) is 0 Å². The van der Waals surface area contributed by atoms with Crippen LogP contribution in [-0.2, 0) is 9.78 Å². The van der Waals surface area contributed by atoms with Crippen molar-refractivity contribution in [3.05, 3.63) is 0 Å². The molecule has 0 aliphatic carbocycles. The maximum absolute atomic E-state index is 9.46. The van der Waals surface area contributed by atoms with Gasteiger partial charge in [-0.05, 0) is 24.7 Å². The quantitative estimate of drug-likeness (QED) is 0.362. The first kappa shape index (κ1) is 15.8. The lowest BCUT2D eigenvalue weighted by Crippen LogP contribution is -2.21. The third kappa shape index (κ3) is 10.4. The van der Waals surface area contributed by atoms with Gasteiger partial charge in [0.25, 0.3) is 0 Å². The number of hydrogen-bond acceptors (Lipinski definition) is 4. The van der Waals surface area contributed by atoms with Gasteiger partial charge in [0.15, 0.2) is 0 Å². The van der Waals surface area contributed by atoms with Crippen molar-refractivity contribution < 1.29 is 20.0 Å². The first-order valence-electron chi connectivity index (χ1n) is 6.02. The third-order valence-corrected chi connectivity index (χ3v) is 2.09. The van der Waals surface area contributed by atoms with Gasteiger partial charge in [-0.2, -0.15) is 0 Å². The molecule has 2 N–H and O–H groups in total. The fraction of sp³-hybridized carbons (Fsp3) is 1.00. The summed E-state index contributed by atoms with van der Waals surface area (Å²) in [4.78, 5) is 9.68. The fourth-order valence-corrected chi connectivity index (χ4v) is 1.48. The van der Waals surface area contributed by atoms with Crippen molar-refractivity contribution in [2.75, 3.05) is 13.2 Å². The largest absolute Gasteiger partial charge is 0.391 e. The molecule has 0 saturated carbocycles. The van der Waals surface area contributed by atoms with E-state index in [0.717, 1.165) is 0 Å². The second-order valence-corrected chi connectivity index (χ2v) is 5.14. The molecular formula is C12H26O4. The summed E-state index contributed by atoms with van der Waals surface area (Å²) in [7, 11) is 0. The van der Waals surface area contributed by atoms with E-state index in [1.54, 1.807) is 0 Å². The maximum Gasteiger partial charge on any atom is 0.108 e. The Balaban J connectivity index is 3.38. The summed E-state index contributed by atoms with van der Waals surface area (Å²) in [6.07, 6.45) is 0.389. The van der Waals surface area contributed by atoms with E-state index >= 15 is 0 Å². The van der Waals surface area contributed by atoms with E-state index in [-0.39, 0.29) is 13.2 Å². The minimum absolute atomic E-state index is 0.159. The van der Waals surface area contributed by atoms with Crippen LogP contribution in [0.1, 0.15) is 40.5 Å². The Labute approximate surface area is 98.5 Å². The lowest BCUT2D eigenvalue weighted by molar-refractivity contribution is -0.315. The van der Waals surface area contributed by atoms with Gasteiger partial charge in [0.05, 0.1) is 12.2 Å². The van der Waals surface area contributed by atoms with Crippen molar-refractivity contribution >= 4 is 0 Å². The zero-order valence-corrected chi connectivity index (χ0v) is 10.8. The summed E-state index contributed by atoms with van der Waals surface area (Å²) in [5.74, 6) is 0.871. The first-order valence-corrected chi connectivity index (χ1v) is 6.02. The molecule has 4 heteroatoms. The lowest BCUT2D eigenvalue weighted by atomic mass is 10.1. The molecule has 2 unspecified atom stereocenters. The molecule has 0 fully saturated rings. The van der Waals surface area contributed by atoms with Crippen LogP contribution in [0.15, 0.2) is 0 Å². The normalized spacial score (nSPS) is 15.8. The summed E-state index contributed by atoms with van der Waals surface area (Å²) in [6.45, 7) is 8.47. The van der Waals surface area contributed by atoms with Crippen LogP contribution in [-0.4, -0.2) is 35.6 Å². The molecule has 4 nitrogen and oxygen atoms in total. The fourth-order valence-electron chi connectivity index (χ4n) is 1.48. The Morgan fingerprint density at radius 1 is 0.750 bits per heavy atom. The minimum atomic E-state index is -0.498. The van der Waals surface area contributed by atoms with Crippen LogP contribution in [0.25, 0.3) is 0 Å². The van der Waals surface area contributed by atoms with Crippen LogP contribution in [0, 0.1) is 11.8 Å². The topological polar surface area (TPSA) is 58.9 Å². The molecule has 0 spiro atoms. The van der Waals surface area contributed by atoms with Gasteiger partial charge >= 0.3 is 0 Å². The summed E-state index contributed by atoms with van der Waals surface area (Å²) in [5, 5.41) is 18.9. The minimum Gasteiger partial charge on any atom is -0.391 e. The second kappa shape index (κ2) is 8.93. The highest BCUT2D eigenvalue weighted by molar-refractivity contribution is 4.57. The Morgan fingerprint density at radius 2 is 1.06 bits per heavy atom. The van der Waals surface area contributed by atoms with Crippen molar-refractivity contribution in [2.45, 2.75) is 52.7 Å². The Kier molecular flexibility index (Phi) is 8.84. The molecule has 0 amide bonds. The van der Waals surface area contributed by atoms with E-state index in [2.05, 4.69) is 0 Å². The summed E-state index contributed by atoms with van der Waals surface area (Å²) in [5.41, 5.74) is 0. The first-order chi connectivity index (χ1) is 7.41. The van der Waals surface area contributed by atoms with Gasteiger partial charge in [-0.1, -0.05) is 27.7 Å². The van der Waals surface area contributed by atoms with Gasteiger partial charge in [-0.15, -0.1) is 0 Å². The molecule has 98 valence electrons. The zero-order chi connectivity index (χ0) is 12.6. The average Bonchev–Trinajstić information content (AvgIpc) is 2.10. The monoisotopic (exact) mass is 234 g/mol. The van der Waals surface area contributed by atoms with E-state index in [0.29, 0.717) is 24.7 Å². The van der Waals surface area contributed by atoms with Crippen molar-refractivity contribution in [2.24, 2.45) is 11.8 Å². The summed E-state index contributed by atoms with van der Waals surface area (Å²) in [6, 6.07) is 0. The second-order valence-electron chi connectivity index (χ2n) is 5.14. The molecule has 0 aliphatic rings. The number of aliphatic hydroxyl groups excluding tert-OH is 2. The van der Waals surface area contributed by atoms with Crippen molar-refractivity contribution in [3.63, 3.8) is 0 Å². The molecule has 0 aromatic heterocycles. The molecule has 2 atom stereocenters. The SMILES string of the molecule is CC(C)CC(O)COOCC(O)CC(C)C. The van der Waals surface area contributed by atoms with Crippen molar-refractivity contribution in [1.82, 2.24) is 0 Å². The van der Waals surface area contributed by atoms with Crippen LogP contribution in [0.3, 0.4) is 0 Å². The predicted molar refractivity (Wildman–Crippen MR) is 62.8 cm³/mol. The molecular weight excluding hydrogens is 208 g/mol. The van der Waals surface area contributed by atoms with Crippen molar-refractivity contribution in [3.8, 4) is 0 Å². The Hall–Kier alpha value is -0.160. The third-order valence-electron chi connectivity index (χ3n) is 2.09. The van der Waals surface area contributed by atoms with Crippen LogP contribution in [0.5, 0.6) is 0 Å². The van der Waals surface area contributed by atoms with Gasteiger partial charge in [0.2, 0.25) is 0 Å². The smallest absolute Gasteiger partial charge is 0.108 e. The molecule has 0 aromatic carbocycles. The van der Waals surface area contributed by atoms with Gasteiger partial charge in [0.1, 0.15) is 13.2 Å². The van der Waals surface area contributed by atoms with Crippen LogP contribution in [0.2, 0.25) is 0 Å². The molecule has 0 bridgehead atoms. The van der Waals surface area contributed by atoms with E-state index in [1.165, 1.54) is 0 Å². The Morgan fingerprint density at radius 3 is 1.31 bits per heavy atom. The van der Waals surface area contributed by atoms with Gasteiger partial charge in [-0.3, -0.25) is 0 Å². The Bertz CT molecular complexity index is 141. The van der Waals surface area contributed by atoms with Crippen LogP contribution < -0.4 is 0 Å². The molecule has 16 heavy (non-hydrogen) atoms. The highest BCUT2D eigenvalue weighted by Crippen LogP contribution is 2.06. The standard InChI is InChI=1S/C12H26O4/c1-9(2)5-11(13)7-15-16-8-12(14)6-10(3)4/h9-14H,5-8H2,1-4H3. The maximum atomic E-state index is 9.46. The van der Waals surface area contributed by atoms with Gasteiger partial charge < -0.3 is 10.2 Å². The molecule has 0 heterocycles. The molecule has 0 aromatic rings. The van der Waals surface area contributed by atoms with Crippen LogP contribution in [0.4, 0.5) is 0 Å². The highest BCUT2D eigenvalue weighted by Gasteiger charge is 2.10. The molecule has 0 rings (SSSR count). The average molecular weight is 234 g/mol. The van der Waals surface area contributed by atoms with E-state index in [4.69, 9.17) is 9.78 Å². The molecule has 0 aliphatic heterocycles. The predicted octanol–water partition coefficient (Wildman–Crippen LogP) is 1.75. The van der Waals surface area contributed by atoms with Crippen LogP contribution >= 0.6 is 0 Å². The van der Waals surface area contributed by atoms with Gasteiger partial charge in [-0.25, -0.2) is 9.78 Å². The number of hydrogen-bond donors (Lipinski definition) is 2. The number of aliphatic hydroxyl groups is 2. The van der Waals surface area contributed by atoms with Gasteiger partial charge in [0, 0.05) is 0 Å². The van der Waals surface area contributed by atoms with E-state index in [1.807, 2.05) is 27.7 Å². The summed E-state index contributed by atoms with van der Waals surface area (Å²) >= 11 is 0. The number of rotatable bonds is 9. The lowest BCUT2D eigenvalue weighted by Gasteiger charge is -2.15. The zero-order valence-electron chi connectivity index (χ0n) is 10.8.